The first-order chi connectivity index (χ1) is 7.88. The molecule has 0 saturated carbocycles. The number of benzene rings is 1. The molecule has 1 aliphatic carbocycles. The average Bonchev–Trinajstić information content (AvgIpc) is 2.38. The molecule has 1 heteroatoms. The van der Waals surface area contributed by atoms with Gasteiger partial charge in [-0.15, -0.1) is 0 Å². The lowest BCUT2D eigenvalue weighted by molar-refractivity contribution is 0.354. The summed E-state index contributed by atoms with van der Waals surface area (Å²) in [6, 6.07) is 8.32. The molecule has 0 saturated heterocycles. The monoisotopic (exact) mass is 214 g/mol. The van der Waals surface area contributed by atoms with Crippen LogP contribution in [0.3, 0.4) is 0 Å². The van der Waals surface area contributed by atoms with Crippen LogP contribution in [0.2, 0.25) is 0 Å². The molecule has 1 aliphatic rings. The normalized spacial score (nSPS) is 14.7. The molecule has 2 rings (SSSR count). The van der Waals surface area contributed by atoms with Crippen molar-refractivity contribution in [2.45, 2.75) is 26.2 Å². The molecule has 0 atom stereocenters. The highest BCUT2D eigenvalue weighted by Crippen LogP contribution is 2.16. The molecule has 0 radical (unpaired) electrons. The second-order valence-electron chi connectivity index (χ2n) is 4.05. The zero-order chi connectivity index (χ0) is 11.2. The van der Waals surface area contributed by atoms with Crippen LogP contribution in [0.25, 0.3) is 0 Å². The molecular formula is C15H18O. The van der Waals surface area contributed by atoms with Gasteiger partial charge in [0.15, 0.2) is 0 Å². The van der Waals surface area contributed by atoms with Gasteiger partial charge in [0.1, 0.15) is 12.4 Å². The standard InChI is InChI=1S/C15H18O/c1-2-13-9-6-10-15(11-13)16-12-14-7-4-3-5-8-14/h4,6-11H,2-3,5,12H2,1H3. The molecule has 1 aromatic carbocycles. The first-order valence-electron chi connectivity index (χ1n) is 5.96. The summed E-state index contributed by atoms with van der Waals surface area (Å²) in [5, 5.41) is 0. The number of allylic oxidation sites excluding steroid dienone is 2. The van der Waals surface area contributed by atoms with Crippen molar-refractivity contribution in [3.05, 3.63) is 53.6 Å². The zero-order valence-electron chi connectivity index (χ0n) is 9.78. The van der Waals surface area contributed by atoms with Crippen LogP contribution in [-0.4, -0.2) is 6.61 Å². The Bertz CT molecular complexity index is 402. The second-order valence-corrected chi connectivity index (χ2v) is 4.05. The molecule has 0 unspecified atom stereocenters. The van der Waals surface area contributed by atoms with Gasteiger partial charge in [-0.3, -0.25) is 0 Å². The molecule has 84 valence electrons. The molecule has 0 bridgehead atoms. The fourth-order valence-electron chi connectivity index (χ4n) is 1.80. The van der Waals surface area contributed by atoms with Gasteiger partial charge in [0.05, 0.1) is 0 Å². The van der Waals surface area contributed by atoms with Crippen LogP contribution in [0.15, 0.2) is 48.1 Å². The third-order valence-corrected chi connectivity index (χ3v) is 2.78. The van der Waals surface area contributed by atoms with E-state index in [0.717, 1.165) is 25.0 Å². The van der Waals surface area contributed by atoms with E-state index in [2.05, 4.69) is 43.4 Å². The van der Waals surface area contributed by atoms with Crippen molar-refractivity contribution in [3.63, 3.8) is 0 Å². The molecule has 0 aromatic heterocycles. The topological polar surface area (TPSA) is 9.23 Å². The van der Waals surface area contributed by atoms with Crippen molar-refractivity contribution in [1.29, 1.82) is 0 Å². The van der Waals surface area contributed by atoms with Crippen molar-refractivity contribution in [2.24, 2.45) is 0 Å². The van der Waals surface area contributed by atoms with Gasteiger partial charge in [-0.2, -0.15) is 0 Å². The van der Waals surface area contributed by atoms with Gasteiger partial charge in [-0.1, -0.05) is 37.3 Å². The summed E-state index contributed by atoms with van der Waals surface area (Å²) in [5.41, 5.74) is 2.61. The Morgan fingerprint density at radius 3 is 2.94 bits per heavy atom. The Morgan fingerprint density at radius 2 is 2.19 bits per heavy atom. The molecule has 0 fully saturated rings. The van der Waals surface area contributed by atoms with Gasteiger partial charge in [-0.05, 0) is 42.5 Å². The van der Waals surface area contributed by atoms with Gasteiger partial charge in [0.2, 0.25) is 0 Å². The van der Waals surface area contributed by atoms with Gasteiger partial charge < -0.3 is 4.74 Å². The molecule has 16 heavy (non-hydrogen) atoms. The van der Waals surface area contributed by atoms with Gasteiger partial charge in [0, 0.05) is 0 Å². The van der Waals surface area contributed by atoms with Crippen molar-refractivity contribution >= 4 is 0 Å². The molecule has 0 amide bonds. The van der Waals surface area contributed by atoms with Crippen LogP contribution in [0.4, 0.5) is 0 Å². The van der Waals surface area contributed by atoms with Gasteiger partial charge >= 0.3 is 0 Å². The molecule has 0 N–H and O–H groups in total. The summed E-state index contributed by atoms with van der Waals surface area (Å²) in [5.74, 6) is 0.972. The van der Waals surface area contributed by atoms with Crippen LogP contribution < -0.4 is 4.74 Å². The third kappa shape index (κ3) is 2.99. The van der Waals surface area contributed by atoms with Gasteiger partial charge in [0.25, 0.3) is 0 Å². The minimum Gasteiger partial charge on any atom is -0.489 e. The van der Waals surface area contributed by atoms with E-state index in [-0.39, 0.29) is 0 Å². The fraction of sp³-hybridized carbons (Fsp3) is 0.333. The first kappa shape index (κ1) is 11.0. The smallest absolute Gasteiger partial charge is 0.120 e. The van der Waals surface area contributed by atoms with E-state index in [0.29, 0.717) is 6.61 Å². The Labute approximate surface area is 97.4 Å². The van der Waals surface area contributed by atoms with Gasteiger partial charge in [-0.25, -0.2) is 0 Å². The molecular weight excluding hydrogens is 196 g/mol. The van der Waals surface area contributed by atoms with Crippen molar-refractivity contribution in [3.8, 4) is 5.75 Å². The fourth-order valence-corrected chi connectivity index (χ4v) is 1.80. The minimum atomic E-state index is 0.684. The largest absolute Gasteiger partial charge is 0.489 e. The Hall–Kier alpha value is -1.50. The number of ether oxygens (including phenoxy) is 1. The summed E-state index contributed by atoms with van der Waals surface area (Å²) < 4.78 is 5.77. The highest BCUT2D eigenvalue weighted by molar-refractivity contribution is 5.30. The van der Waals surface area contributed by atoms with Crippen LogP contribution >= 0.6 is 0 Å². The van der Waals surface area contributed by atoms with E-state index in [1.165, 1.54) is 11.1 Å². The predicted molar refractivity (Wildman–Crippen MR) is 67.8 cm³/mol. The molecule has 1 aromatic rings. The number of rotatable bonds is 4. The maximum absolute atomic E-state index is 5.77. The van der Waals surface area contributed by atoms with E-state index in [1.54, 1.807) is 0 Å². The van der Waals surface area contributed by atoms with Crippen molar-refractivity contribution in [2.75, 3.05) is 6.61 Å². The van der Waals surface area contributed by atoms with Crippen LogP contribution in [0.5, 0.6) is 5.75 Å². The lowest BCUT2D eigenvalue weighted by atomic mass is 10.1. The average molecular weight is 214 g/mol. The lowest BCUT2D eigenvalue weighted by Crippen LogP contribution is -2.01. The highest BCUT2D eigenvalue weighted by atomic mass is 16.5. The SMILES string of the molecule is CCc1cccc(OCC2=CCCC=C2)c1. The van der Waals surface area contributed by atoms with E-state index in [4.69, 9.17) is 4.74 Å². The molecule has 0 aliphatic heterocycles. The highest BCUT2D eigenvalue weighted by Gasteiger charge is 1.99. The summed E-state index contributed by atoms with van der Waals surface area (Å²) in [6.45, 7) is 2.84. The number of hydrogen-bond acceptors (Lipinski definition) is 1. The Kier molecular flexibility index (Phi) is 3.81. The quantitative estimate of drug-likeness (QED) is 0.738. The minimum absolute atomic E-state index is 0.684. The number of aryl methyl sites for hydroxylation is 1. The van der Waals surface area contributed by atoms with E-state index >= 15 is 0 Å². The maximum Gasteiger partial charge on any atom is 0.120 e. The summed E-state index contributed by atoms with van der Waals surface area (Å²) >= 11 is 0. The summed E-state index contributed by atoms with van der Waals surface area (Å²) in [7, 11) is 0. The van der Waals surface area contributed by atoms with Crippen LogP contribution in [0.1, 0.15) is 25.3 Å². The van der Waals surface area contributed by atoms with Crippen molar-refractivity contribution < 1.29 is 4.74 Å². The third-order valence-electron chi connectivity index (χ3n) is 2.78. The summed E-state index contributed by atoms with van der Waals surface area (Å²) in [6.07, 6.45) is 9.98. The lowest BCUT2D eigenvalue weighted by Gasteiger charge is -2.10. The van der Waals surface area contributed by atoms with E-state index in [9.17, 15) is 0 Å². The number of hydrogen-bond donors (Lipinski definition) is 0. The first-order valence-corrected chi connectivity index (χ1v) is 5.96. The molecule has 1 nitrogen and oxygen atoms in total. The van der Waals surface area contributed by atoms with E-state index in [1.807, 2.05) is 6.07 Å². The Morgan fingerprint density at radius 1 is 1.25 bits per heavy atom. The maximum atomic E-state index is 5.77. The zero-order valence-corrected chi connectivity index (χ0v) is 9.78. The Balaban J connectivity index is 1.93. The molecule has 0 spiro atoms. The predicted octanol–water partition coefficient (Wildman–Crippen LogP) is 3.90. The van der Waals surface area contributed by atoms with Crippen LogP contribution in [-0.2, 0) is 6.42 Å². The molecule has 0 heterocycles. The van der Waals surface area contributed by atoms with Crippen molar-refractivity contribution in [1.82, 2.24) is 0 Å². The summed E-state index contributed by atoms with van der Waals surface area (Å²) in [4.78, 5) is 0. The second kappa shape index (κ2) is 5.55. The van der Waals surface area contributed by atoms with E-state index < -0.39 is 0 Å². The van der Waals surface area contributed by atoms with Crippen LogP contribution in [0, 0.1) is 0 Å².